The van der Waals surface area contributed by atoms with Gasteiger partial charge in [0, 0.05) is 18.1 Å². The molecule has 2 saturated carbocycles. The standard InChI is InChI=1S/C16H20O3/c1-18-12-4-5-13-14(17)9-16(19-15(13)7-12)8-10-2-3-11(16)6-10/h4-5,7,10-11,14,17H,2-3,6,8-9H2,1H3/t10?,11?,14-,16?/m1/s1. The van der Waals surface area contributed by atoms with Crippen molar-refractivity contribution in [1.29, 1.82) is 0 Å². The number of fused-ring (bicyclic) bond motifs is 4. The van der Waals surface area contributed by atoms with Crippen molar-refractivity contribution in [3.63, 3.8) is 0 Å². The summed E-state index contributed by atoms with van der Waals surface area (Å²) in [6.45, 7) is 0. The van der Waals surface area contributed by atoms with Crippen molar-refractivity contribution in [1.82, 2.24) is 0 Å². The SMILES string of the molecule is COc1ccc2c(c1)OC1(CC3CCC1C3)C[C@H]2O. The molecule has 3 unspecified atom stereocenters. The molecule has 1 aliphatic heterocycles. The van der Waals surface area contributed by atoms with Gasteiger partial charge in [0.05, 0.1) is 13.2 Å². The molecule has 2 bridgehead atoms. The van der Waals surface area contributed by atoms with Crippen LogP contribution in [0.3, 0.4) is 0 Å². The first-order chi connectivity index (χ1) is 9.20. The first-order valence-electron chi connectivity index (χ1n) is 7.25. The van der Waals surface area contributed by atoms with Crippen LogP contribution in [0.5, 0.6) is 11.5 Å². The van der Waals surface area contributed by atoms with Crippen LogP contribution in [-0.2, 0) is 0 Å². The largest absolute Gasteiger partial charge is 0.497 e. The highest BCUT2D eigenvalue weighted by molar-refractivity contribution is 5.44. The summed E-state index contributed by atoms with van der Waals surface area (Å²) in [5.74, 6) is 3.06. The second-order valence-corrected chi connectivity index (χ2v) is 6.37. The minimum Gasteiger partial charge on any atom is -0.497 e. The zero-order chi connectivity index (χ0) is 13.0. The number of hydrogen-bond acceptors (Lipinski definition) is 3. The monoisotopic (exact) mass is 260 g/mol. The Bertz CT molecular complexity index is 513. The van der Waals surface area contributed by atoms with E-state index in [1.54, 1.807) is 7.11 Å². The molecule has 1 heterocycles. The molecular formula is C16H20O3. The highest BCUT2D eigenvalue weighted by Crippen LogP contribution is 2.58. The molecule has 0 amide bonds. The highest BCUT2D eigenvalue weighted by atomic mass is 16.5. The fraction of sp³-hybridized carbons (Fsp3) is 0.625. The van der Waals surface area contributed by atoms with Crippen molar-refractivity contribution in [3.05, 3.63) is 23.8 Å². The quantitative estimate of drug-likeness (QED) is 0.843. The van der Waals surface area contributed by atoms with Crippen LogP contribution in [0, 0.1) is 11.8 Å². The Labute approximate surface area is 113 Å². The van der Waals surface area contributed by atoms with Crippen LogP contribution in [0.25, 0.3) is 0 Å². The Morgan fingerprint density at radius 3 is 2.89 bits per heavy atom. The lowest BCUT2D eigenvalue weighted by Crippen LogP contribution is -2.45. The predicted molar refractivity (Wildman–Crippen MR) is 71.4 cm³/mol. The Morgan fingerprint density at radius 2 is 2.21 bits per heavy atom. The molecule has 3 aliphatic rings. The summed E-state index contributed by atoms with van der Waals surface area (Å²) < 4.78 is 11.7. The molecule has 1 aromatic carbocycles. The average Bonchev–Trinajstić information content (AvgIpc) is 2.98. The third-order valence-corrected chi connectivity index (χ3v) is 5.35. The summed E-state index contributed by atoms with van der Waals surface area (Å²) in [4.78, 5) is 0. The van der Waals surface area contributed by atoms with E-state index in [2.05, 4.69) is 0 Å². The molecule has 1 spiro atoms. The number of rotatable bonds is 1. The molecule has 2 aliphatic carbocycles. The summed E-state index contributed by atoms with van der Waals surface area (Å²) in [5.41, 5.74) is 0.802. The van der Waals surface area contributed by atoms with Crippen LogP contribution >= 0.6 is 0 Å². The predicted octanol–water partition coefficient (Wildman–Crippen LogP) is 3.07. The van der Waals surface area contributed by atoms with E-state index in [1.807, 2.05) is 18.2 Å². The van der Waals surface area contributed by atoms with E-state index in [0.29, 0.717) is 5.92 Å². The molecule has 3 nitrogen and oxygen atoms in total. The maximum absolute atomic E-state index is 10.5. The van der Waals surface area contributed by atoms with Gasteiger partial charge < -0.3 is 14.6 Å². The normalized spacial score (nSPS) is 39.2. The number of aliphatic hydroxyl groups is 1. The van der Waals surface area contributed by atoms with Gasteiger partial charge in [-0.25, -0.2) is 0 Å². The third kappa shape index (κ3) is 1.61. The average molecular weight is 260 g/mol. The van der Waals surface area contributed by atoms with Crippen molar-refractivity contribution in [3.8, 4) is 11.5 Å². The lowest BCUT2D eigenvalue weighted by molar-refractivity contribution is -0.0510. The fourth-order valence-corrected chi connectivity index (χ4v) is 4.47. The van der Waals surface area contributed by atoms with Gasteiger partial charge in [-0.15, -0.1) is 0 Å². The van der Waals surface area contributed by atoms with Gasteiger partial charge in [0.1, 0.15) is 17.1 Å². The highest BCUT2D eigenvalue weighted by Gasteiger charge is 2.55. The second-order valence-electron chi connectivity index (χ2n) is 6.37. The van der Waals surface area contributed by atoms with E-state index in [4.69, 9.17) is 9.47 Å². The van der Waals surface area contributed by atoms with Gasteiger partial charge in [0.2, 0.25) is 0 Å². The third-order valence-electron chi connectivity index (χ3n) is 5.35. The van der Waals surface area contributed by atoms with Gasteiger partial charge in [-0.3, -0.25) is 0 Å². The molecule has 4 atom stereocenters. The van der Waals surface area contributed by atoms with Crippen LogP contribution in [0.4, 0.5) is 0 Å². The summed E-state index contributed by atoms with van der Waals surface area (Å²) in [6.07, 6.45) is 5.37. The molecule has 102 valence electrons. The minimum absolute atomic E-state index is 0.109. The number of ether oxygens (including phenoxy) is 2. The minimum atomic E-state index is -0.394. The van der Waals surface area contributed by atoms with Crippen LogP contribution < -0.4 is 9.47 Å². The number of aliphatic hydroxyl groups excluding tert-OH is 1. The van der Waals surface area contributed by atoms with E-state index >= 15 is 0 Å². The van der Waals surface area contributed by atoms with Crippen molar-refractivity contribution in [2.75, 3.05) is 7.11 Å². The van der Waals surface area contributed by atoms with Crippen molar-refractivity contribution >= 4 is 0 Å². The molecule has 2 fully saturated rings. The van der Waals surface area contributed by atoms with Crippen molar-refractivity contribution < 1.29 is 14.6 Å². The van der Waals surface area contributed by atoms with Gasteiger partial charge >= 0.3 is 0 Å². The van der Waals surface area contributed by atoms with Crippen LogP contribution in [-0.4, -0.2) is 17.8 Å². The zero-order valence-corrected chi connectivity index (χ0v) is 11.3. The maximum atomic E-state index is 10.5. The molecule has 19 heavy (non-hydrogen) atoms. The summed E-state index contributed by atoms with van der Waals surface area (Å²) in [7, 11) is 1.66. The molecule has 4 rings (SSSR count). The van der Waals surface area contributed by atoms with E-state index in [1.165, 1.54) is 19.3 Å². The first-order valence-corrected chi connectivity index (χ1v) is 7.25. The smallest absolute Gasteiger partial charge is 0.129 e. The summed E-state index contributed by atoms with van der Waals surface area (Å²) in [6, 6.07) is 5.74. The van der Waals surface area contributed by atoms with Crippen molar-refractivity contribution in [2.45, 2.75) is 43.8 Å². The Kier molecular flexibility index (Phi) is 2.37. The van der Waals surface area contributed by atoms with E-state index < -0.39 is 6.10 Å². The summed E-state index contributed by atoms with van der Waals surface area (Å²) >= 11 is 0. The van der Waals surface area contributed by atoms with E-state index in [9.17, 15) is 5.11 Å². The lowest BCUT2D eigenvalue weighted by Gasteiger charge is -2.43. The maximum Gasteiger partial charge on any atom is 0.129 e. The van der Waals surface area contributed by atoms with Crippen LogP contribution in [0.1, 0.15) is 43.8 Å². The number of methoxy groups -OCH3 is 1. The Balaban J connectivity index is 1.73. The molecule has 3 heteroatoms. The lowest BCUT2D eigenvalue weighted by atomic mass is 9.77. The van der Waals surface area contributed by atoms with Crippen molar-refractivity contribution in [2.24, 2.45) is 11.8 Å². The molecule has 1 N–H and O–H groups in total. The molecular weight excluding hydrogens is 240 g/mol. The topological polar surface area (TPSA) is 38.7 Å². The Morgan fingerprint density at radius 1 is 1.32 bits per heavy atom. The fourth-order valence-electron chi connectivity index (χ4n) is 4.47. The summed E-state index contributed by atoms with van der Waals surface area (Å²) in [5, 5.41) is 10.5. The second kappa shape index (κ2) is 3.89. The van der Waals surface area contributed by atoms with Gasteiger partial charge in [0.25, 0.3) is 0 Å². The first kappa shape index (κ1) is 11.6. The van der Waals surface area contributed by atoms with E-state index in [-0.39, 0.29) is 5.60 Å². The number of hydrogen-bond donors (Lipinski definition) is 1. The molecule has 0 aromatic heterocycles. The molecule has 0 radical (unpaired) electrons. The van der Waals surface area contributed by atoms with Gasteiger partial charge in [-0.05, 0) is 49.7 Å². The molecule has 1 aromatic rings. The van der Waals surface area contributed by atoms with Crippen LogP contribution in [0.15, 0.2) is 18.2 Å². The van der Waals surface area contributed by atoms with Crippen LogP contribution in [0.2, 0.25) is 0 Å². The molecule has 0 saturated heterocycles. The zero-order valence-electron chi connectivity index (χ0n) is 11.3. The number of benzene rings is 1. The van der Waals surface area contributed by atoms with Gasteiger partial charge in [-0.2, -0.15) is 0 Å². The Hall–Kier alpha value is -1.22. The van der Waals surface area contributed by atoms with E-state index in [0.717, 1.165) is 35.8 Å². The van der Waals surface area contributed by atoms with Gasteiger partial charge in [-0.1, -0.05) is 0 Å². The van der Waals surface area contributed by atoms with Gasteiger partial charge in [0.15, 0.2) is 0 Å².